The highest BCUT2D eigenvalue weighted by Crippen LogP contribution is 2.28. The molecule has 0 radical (unpaired) electrons. The van der Waals surface area contributed by atoms with Crippen molar-refractivity contribution in [3.63, 3.8) is 0 Å². The zero-order valence-electron chi connectivity index (χ0n) is 18.8. The molecule has 7 nitrogen and oxygen atoms in total. The predicted octanol–water partition coefficient (Wildman–Crippen LogP) is 5.08. The van der Waals surface area contributed by atoms with Crippen molar-refractivity contribution < 1.29 is 14.6 Å². The number of hydrogen-bond donors (Lipinski definition) is 2. The third-order valence-corrected chi connectivity index (χ3v) is 6.34. The molecule has 4 rings (SSSR count). The van der Waals surface area contributed by atoms with Crippen LogP contribution in [0.4, 0.5) is 5.69 Å². The van der Waals surface area contributed by atoms with E-state index < -0.39 is 0 Å². The zero-order valence-corrected chi connectivity index (χ0v) is 19.6. The van der Waals surface area contributed by atoms with Crippen molar-refractivity contribution in [3.05, 3.63) is 71.5 Å². The molecule has 33 heavy (non-hydrogen) atoms. The summed E-state index contributed by atoms with van der Waals surface area (Å²) in [5.74, 6) is 1.47. The van der Waals surface area contributed by atoms with Gasteiger partial charge in [0.1, 0.15) is 18.1 Å². The molecule has 2 N–H and O–H groups in total. The van der Waals surface area contributed by atoms with E-state index in [1.54, 1.807) is 18.2 Å². The van der Waals surface area contributed by atoms with Crippen molar-refractivity contribution in [2.45, 2.75) is 39.1 Å². The first-order valence-corrected chi connectivity index (χ1v) is 11.7. The molecule has 1 heterocycles. The Bertz CT molecular complexity index is 1300. The number of aryl methyl sites for hydroxylation is 2. The lowest BCUT2D eigenvalue weighted by Gasteiger charge is -2.12. The van der Waals surface area contributed by atoms with Crippen LogP contribution in [0.3, 0.4) is 0 Å². The van der Waals surface area contributed by atoms with E-state index in [9.17, 15) is 9.90 Å². The molecular formula is C25H26N4O3S. The van der Waals surface area contributed by atoms with Crippen LogP contribution in [0.1, 0.15) is 23.9 Å². The quantitative estimate of drug-likeness (QED) is 0.280. The van der Waals surface area contributed by atoms with Gasteiger partial charge in [-0.25, -0.2) is 0 Å². The SMILES string of the molecule is CCn1c(COc2ccc3ccccc3c2C)nnc1SCC(=O)Nc1cc(C)ccc1O. The topological polar surface area (TPSA) is 89.3 Å². The Morgan fingerprint density at radius 1 is 1.12 bits per heavy atom. The van der Waals surface area contributed by atoms with Crippen LogP contribution >= 0.6 is 11.8 Å². The Kier molecular flexibility index (Phi) is 6.84. The van der Waals surface area contributed by atoms with Gasteiger partial charge in [0, 0.05) is 6.54 Å². The van der Waals surface area contributed by atoms with Crippen molar-refractivity contribution in [1.82, 2.24) is 14.8 Å². The molecule has 0 aliphatic rings. The molecule has 170 valence electrons. The minimum absolute atomic E-state index is 0.0408. The van der Waals surface area contributed by atoms with Crippen molar-refractivity contribution in [1.29, 1.82) is 0 Å². The lowest BCUT2D eigenvalue weighted by molar-refractivity contribution is -0.113. The fraction of sp³-hybridized carbons (Fsp3) is 0.240. The van der Waals surface area contributed by atoms with E-state index in [1.165, 1.54) is 17.1 Å². The number of thioether (sulfide) groups is 1. The van der Waals surface area contributed by atoms with Gasteiger partial charge in [0.15, 0.2) is 11.0 Å². The van der Waals surface area contributed by atoms with E-state index in [4.69, 9.17) is 4.74 Å². The van der Waals surface area contributed by atoms with Crippen molar-refractivity contribution >= 4 is 34.1 Å². The number of rotatable bonds is 8. The number of phenols is 1. The standard InChI is InChI=1S/C25H26N4O3S/c1-4-29-23(14-32-22-12-10-18-7-5-6-8-19(18)17(22)3)27-28-25(29)33-15-24(31)26-20-13-16(2)9-11-21(20)30/h5-13,30H,4,14-15H2,1-3H3,(H,26,31). The highest BCUT2D eigenvalue weighted by Gasteiger charge is 2.15. The lowest BCUT2D eigenvalue weighted by atomic mass is 10.0. The number of anilines is 1. The van der Waals surface area contributed by atoms with E-state index in [2.05, 4.69) is 27.6 Å². The van der Waals surface area contributed by atoms with Crippen LogP contribution in [-0.2, 0) is 17.9 Å². The van der Waals surface area contributed by atoms with Gasteiger partial charge in [-0.3, -0.25) is 4.79 Å². The summed E-state index contributed by atoms with van der Waals surface area (Å²) in [5.41, 5.74) is 2.44. The molecule has 0 unspecified atom stereocenters. The number of fused-ring (bicyclic) bond motifs is 1. The summed E-state index contributed by atoms with van der Waals surface area (Å²) < 4.78 is 8.02. The fourth-order valence-corrected chi connectivity index (χ4v) is 4.44. The van der Waals surface area contributed by atoms with Gasteiger partial charge in [-0.2, -0.15) is 0 Å². The van der Waals surface area contributed by atoms with Crippen LogP contribution in [0.15, 0.2) is 59.8 Å². The zero-order chi connectivity index (χ0) is 23.4. The molecule has 1 aromatic heterocycles. The Balaban J connectivity index is 1.40. The molecule has 8 heteroatoms. The highest BCUT2D eigenvalue weighted by molar-refractivity contribution is 7.99. The van der Waals surface area contributed by atoms with Gasteiger partial charge in [0.05, 0.1) is 11.4 Å². The first-order valence-electron chi connectivity index (χ1n) is 10.7. The van der Waals surface area contributed by atoms with Crippen LogP contribution in [0, 0.1) is 13.8 Å². The third kappa shape index (κ3) is 5.12. The lowest BCUT2D eigenvalue weighted by Crippen LogP contribution is -2.15. The third-order valence-electron chi connectivity index (χ3n) is 5.37. The van der Waals surface area contributed by atoms with Crippen molar-refractivity contribution in [2.24, 2.45) is 0 Å². The number of carbonyl (C=O) groups is 1. The monoisotopic (exact) mass is 462 g/mol. The minimum Gasteiger partial charge on any atom is -0.506 e. The van der Waals surface area contributed by atoms with Crippen LogP contribution in [0.2, 0.25) is 0 Å². The van der Waals surface area contributed by atoms with Gasteiger partial charge < -0.3 is 19.7 Å². The number of ether oxygens (including phenoxy) is 1. The highest BCUT2D eigenvalue weighted by atomic mass is 32.2. The summed E-state index contributed by atoms with van der Waals surface area (Å²) in [6, 6.07) is 17.3. The summed E-state index contributed by atoms with van der Waals surface area (Å²) in [6.07, 6.45) is 0. The molecule has 0 atom stereocenters. The molecule has 0 saturated carbocycles. The van der Waals surface area contributed by atoms with E-state index in [0.29, 0.717) is 23.2 Å². The number of phenolic OH excluding ortho intramolecular Hbond substituents is 1. The number of aromatic nitrogens is 3. The fourth-order valence-electron chi connectivity index (χ4n) is 3.62. The molecule has 4 aromatic rings. The van der Waals surface area contributed by atoms with Gasteiger partial charge in [-0.15, -0.1) is 10.2 Å². The average molecular weight is 463 g/mol. The average Bonchev–Trinajstić information content (AvgIpc) is 3.21. The molecule has 0 saturated heterocycles. The number of nitrogens with one attached hydrogen (secondary N) is 1. The first kappa shape index (κ1) is 22.7. The molecule has 0 bridgehead atoms. The number of hydrogen-bond acceptors (Lipinski definition) is 6. The molecule has 0 aliphatic carbocycles. The van der Waals surface area contributed by atoms with Crippen LogP contribution in [0.5, 0.6) is 11.5 Å². The maximum absolute atomic E-state index is 12.4. The van der Waals surface area contributed by atoms with Gasteiger partial charge in [0.2, 0.25) is 5.91 Å². The van der Waals surface area contributed by atoms with Crippen molar-refractivity contribution in [3.8, 4) is 11.5 Å². The second-order valence-electron chi connectivity index (χ2n) is 7.70. The number of amides is 1. The molecule has 3 aromatic carbocycles. The van der Waals surface area contributed by atoms with Crippen LogP contribution in [0.25, 0.3) is 10.8 Å². The summed E-state index contributed by atoms with van der Waals surface area (Å²) in [7, 11) is 0. The minimum atomic E-state index is -0.226. The maximum atomic E-state index is 12.4. The second-order valence-corrected chi connectivity index (χ2v) is 8.64. The smallest absolute Gasteiger partial charge is 0.234 e. The molecule has 1 amide bonds. The molecular weight excluding hydrogens is 436 g/mol. The normalized spacial score (nSPS) is 11.0. The summed E-state index contributed by atoms with van der Waals surface area (Å²) in [6.45, 7) is 6.89. The summed E-state index contributed by atoms with van der Waals surface area (Å²) in [4.78, 5) is 12.4. The van der Waals surface area contributed by atoms with Gasteiger partial charge in [-0.05, 0) is 60.9 Å². The van der Waals surface area contributed by atoms with Crippen molar-refractivity contribution in [2.75, 3.05) is 11.1 Å². The number of aromatic hydroxyl groups is 1. The largest absolute Gasteiger partial charge is 0.506 e. The molecule has 0 fully saturated rings. The number of benzene rings is 3. The van der Waals surface area contributed by atoms with E-state index >= 15 is 0 Å². The first-order chi connectivity index (χ1) is 16.0. The Labute approximate surface area is 196 Å². The number of carbonyl (C=O) groups excluding carboxylic acids is 1. The van der Waals surface area contributed by atoms with Crippen LogP contribution < -0.4 is 10.1 Å². The number of nitrogens with zero attached hydrogens (tertiary/aromatic N) is 3. The van der Waals surface area contributed by atoms with E-state index in [1.807, 2.05) is 49.6 Å². The molecule has 0 spiro atoms. The predicted molar refractivity (Wildman–Crippen MR) is 131 cm³/mol. The Morgan fingerprint density at radius 3 is 2.76 bits per heavy atom. The maximum Gasteiger partial charge on any atom is 0.234 e. The van der Waals surface area contributed by atoms with Gasteiger partial charge in [-0.1, -0.05) is 48.2 Å². The van der Waals surface area contributed by atoms with E-state index in [0.717, 1.165) is 22.3 Å². The van der Waals surface area contributed by atoms with E-state index in [-0.39, 0.29) is 24.0 Å². The second kappa shape index (κ2) is 9.95. The van der Waals surface area contributed by atoms with Gasteiger partial charge in [0.25, 0.3) is 0 Å². The van der Waals surface area contributed by atoms with Gasteiger partial charge >= 0.3 is 0 Å². The van der Waals surface area contributed by atoms with Crippen LogP contribution in [-0.4, -0.2) is 31.5 Å². The summed E-state index contributed by atoms with van der Waals surface area (Å²) in [5, 5.41) is 24.2. The molecule has 0 aliphatic heterocycles. The summed E-state index contributed by atoms with van der Waals surface area (Å²) >= 11 is 1.30. The Morgan fingerprint density at radius 2 is 1.94 bits per heavy atom. The Hall–Kier alpha value is -3.52.